The van der Waals surface area contributed by atoms with Gasteiger partial charge in [-0.1, -0.05) is 13.3 Å². The first kappa shape index (κ1) is 11.1. The summed E-state index contributed by atoms with van der Waals surface area (Å²) >= 11 is 11.1. The first-order valence-electron chi connectivity index (χ1n) is 3.53. The molecule has 0 N–H and O–H groups in total. The molecule has 0 saturated heterocycles. The van der Waals surface area contributed by atoms with Gasteiger partial charge in [0.1, 0.15) is 10.9 Å². The van der Waals surface area contributed by atoms with E-state index >= 15 is 0 Å². The Morgan fingerprint density at radius 3 is 2.36 bits per heavy atom. The van der Waals surface area contributed by atoms with Gasteiger partial charge in [-0.2, -0.15) is 0 Å². The van der Waals surface area contributed by atoms with E-state index in [1.165, 1.54) is 6.92 Å². The Hall–Kier alpha value is 0.0500. The van der Waals surface area contributed by atoms with Crippen molar-refractivity contribution >= 4 is 29.2 Å². The van der Waals surface area contributed by atoms with Crippen molar-refractivity contribution in [1.82, 2.24) is 0 Å². The summed E-state index contributed by atoms with van der Waals surface area (Å²) in [5, 5.41) is 0. The van der Waals surface area contributed by atoms with Crippen LogP contribution < -0.4 is 0 Å². The highest BCUT2D eigenvalue weighted by Crippen LogP contribution is 2.16. The summed E-state index contributed by atoms with van der Waals surface area (Å²) in [6, 6.07) is 0. The number of halogens is 2. The van der Waals surface area contributed by atoms with E-state index in [1.54, 1.807) is 0 Å². The van der Waals surface area contributed by atoms with E-state index in [-0.39, 0.29) is 12.1 Å². The summed E-state index contributed by atoms with van der Waals surface area (Å²) in [6.07, 6.45) is 1.24. The molecule has 0 saturated carbocycles. The second-order valence-electron chi connectivity index (χ2n) is 2.27. The van der Waals surface area contributed by atoms with Gasteiger partial charge in [-0.05, 0) is 6.42 Å². The SMILES string of the molecule is CCCC(OC(C)=O)C(Cl)Cl. The number of ether oxygens (including phenoxy) is 1. The minimum absolute atomic E-state index is 0.338. The Bertz CT molecular complexity index is 126. The topological polar surface area (TPSA) is 26.3 Å². The normalized spacial score (nSPS) is 13.2. The fraction of sp³-hybridized carbons (Fsp3) is 0.857. The Labute approximate surface area is 76.8 Å². The van der Waals surface area contributed by atoms with Crippen molar-refractivity contribution in [1.29, 1.82) is 0 Å². The molecule has 4 heteroatoms. The van der Waals surface area contributed by atoms with Crippen LogP contribution in [-0.2, 0) is 9.53 Å². The van der Waals surface area contributed by atoms with Crippen LogP contribution in [0.5, 0.6) is 0 Å². The molecule has 0 spiro atoms. The first-order chi connectivity index (χ1) is 5.07. The molecule has 11 heavy (non-hydrogen) atoms. The zero-order valence-electron chi connectivity index (χ0n) is 6.64. The zero-order valence-corrected chi connectivity index (χ0v) is 8.15. The van der Waals surface area contributed by atoms with Crippen LogP contribution in [0.25, 0.3) is 0 Å². The zero-order chi connectivity index (χ0) is 8.85. The summed E-state index contributed by atoms with van der Waals surface area (Å²) < 4.78 is 4.85. The molecule has 0 rings (SSSR count). The van der Waals surface area contributed by atoms with Crippen LogP contribution in [0.3, 0.4) is 0 Å². The fourth-order valence-corrected chi connectivity index (χ4v) is 1.09. The highest BCUT2D eigenvalue weighted by molar-refractivity contribution is 6.44. The predicted molar refractivity (Wildman–Crippen MR) is 46.0 cm³/mol. The van der Waals surface area contributed by atoms with Gasteiger partial charge in [0.15, 0.2) is 0 Å². The van der Waals surface area contributed by atoms with Gasteiger partial charge in [0.2, 0.25) is 0 Å². The maximum atomic E-state index is 10.5. The molecule has 2 nitrogen and oxygen atoms in total. The first-order valence-corrected chi connectivity index (χ1v) is 4.40. The molecule has 1 atom stereocenters. The molecule has 0 bridgehead atoms. The number of rotatable bonds is 4. The number of alkyl halides is 2. The van der Waals surface area contributed by atoms with Crippen molar-refractivity contribution in [2.75, 3.05) is 0 Å². The van der Waals surface area contributed by atoms with E-state index in [1.807, 2.05) is 6.92 Å². The highest BCUT2D eigenvalue weighted by Gasteiger charge is 2.18. The van der Waals surface area contributed by atoms with Gasteiger partial charge in [0, 0.05) is 6.92 Å². The monoisotopic (exact) mass is 198 g/mol. The molecule has 0 aromatic rings. The lowest BCUT2D eigenvalue weighted by atomic mass is 10.2. The van der Waals surface area contributed by atoms with Crippen molar-refractivity contribution in [3.05, 3.63) is 0 Å². The van der Waals surface area contributed by atoms with Crippen LogP contribution in [0.1, 0.15) is 26.7 Å². The largest absolute Gasteiger partial charge is 0.460 e. The molecule has 66 valence electrons. The second-order valence-corrected chi connectivity index (χ2v) is 3.43. The van der Waals surface area contributed by atoms with Crippen molar-refractivity contribution in [2.24, 2.45) is 0 Å². The summed E-state index contributed by atoms with van der Waals surface area (Å²) in [5.74, 6) is -0.338. The number of hydrogen-bond acceptors (Lipinski definition) is 2. The van der Waals surface area contributed by atoms with Crippen LogP contribution in [0.2, 0.25) is 0 Å². The van der Waals surface area contributed by atoms with Crippen LogP contribution >= 0.6 is 23.2 Å². The number of esters is 1. The molecule has 0 aliphatic heterocycles. The number of hydrogen-bond donors (Lipinski definition) is 0. The fourth-order valence-electron chi connectivity index (χ4n) is 0.734. The Balaban J connectivity index is 3.79. The average Bonchev–Trinajstić information content (AvgIpc) is 1.86. The summed E-state index contributed by atoms with van der Waals surface area (Å²) in [4.78, 5) is 9.87. The van der Waals surface area contributed by atoms with E-state index in [0.29, 0.717) is 6.42 Å². The summed E-state index contributed by atoms with van der Waals surface area (Å²) in [6.45, 7) is 3.32. The molecular formula is C7H12Cl2O2. The van der Waals surface area contributed by atoms with Crippen molar-refractivity contribution in [3.63, 3.8) is 0 Å². The summed E-state index contributed by atoms with van der Waals surface area (Å²) in [5.41, 5.74) is 0. The van der Waals surface area contributed by atoms with Crippen LogP contribution in [-0.4, -0.2) is 16.9 Å². The molecule has 0 aromatic carbocycles. The molecule has 0 fully saturated rings. The van der Waals surface area contributed by atoms with Gasteiger partial charge in [0.25, 0.3) is 0 Å². The second kappa shape index (κ2) is 5.67. The Morgan fingerprint density at radius 2 is 2.09 bits per heavy atom. The molecule has 0 radical (unpaired) electrons. The maximum absolute atomic E-state index is 10.5. The highest BCUT2D eigenvalue weighted by atomic mass is 35.5. The third-order valence-corrected chi connectivity index (χ3v) is 1.73. The third-order valence-electron chi connectivity index (χ3n) is 1.17. The van der Waals surface area contributed by atoms with Crippen molar-refractivity contribution in [3.8, 4) is 0 Å². The molecule has 0 amide bonds. The van der Waals surface area contributed by atoms with E-state index in [4.69, 9.17) is 27.9 Å². The van der Waals surface area contributed by atoms with Crippen molar-refractivity contribution < 1.29 is 9.53 Å². The molecular weight excluding hydrogens is 187 g/mol. The smallest absolute Gasteiger partial charge is 0.302 e. The standard InChI is InChI=1S/C7H12Cl2O2/c1-3-4-6(7(8)9)11-5(2)10/h6-7H,3-4H2,1-2H3. The quantitative estimate of drug-likeness (QED) is 0.513. The van der Waals surface area contributed by atoms with Crippen LogP contribution in [0.4, 0.5) is 0 Å². The lowest BCUT2D eigenvalue weighted by molar-refractivity contribution is -0.145. The van der Waals surface area contributed by atoms with E-state index in [0.717, 1.165) is 6.42 Å². The maximum Gasteiger partial charge on any atom is 0.302 e. The predicted octanol–water partition coefficient (Wildman–Crippen LogP) is 2.52. The van der Waals surface area contributed by atoms with Crippen LogP contribution in [0, 0.1) is 0 Å². The lowest BCUT2D eigenvalue weighted by Crippen LogP contribution is -2.22. The molecule has 1 unspecified atom stereocenters. The molecule has 0 heterocycles. The van der Waals surface area contributed by atoms with E-state index in [2.05, 4.69) is 0 Å². The van der Waals surface area contributed by atoms with Gasteiger partial charge in [0.05, 0.1) is 0 Å². The Morgan fingerprint density at radius 1 is 1.55 bits per heavy atom. The average molecular weight is 199 g/mol. The minimum Gasteiger partial charge on any atom is -0.460 e. The number of carbonyl (C=O) groups is 1. The van der Waals surface area contributed by atoms with Gasteiger partial charge in [-0.25, -0.2) is 0 Å². The third kappa shape index (κ3) is 5.33. The molecule has 0 aromatic heterocycles. The van der Waals surface area contributed by atoms with Gasteiger partial charge >= 0.3 is 5.97 Å². The van der Waals surface area contributed by atoms with Gasteiger partial charge < -0.3 is 4.74 Å². The number of carbonyl (C=O) groups excluding carboxylic acids is 1. The lowest BCUT2D eigenvalue weighted by Gasteiger charge is -2.16. The van der Waals surface area contributed by atoms with Crippen molar-refractivity contribution in [2.45, 2.75) is 37.6 Å². The van der Waals surface area contributed by atoms with E-state index in [9.17, 15) is 4.79 Å². The van der Waals surface area contributed by atoms with Crippen LogP contribution in [0.15, 0.2) is 0 Å². The molecule has 0 aliphatic rings. The minimum atomic E-state index is -0.626. The Kier molecular flexibility index (Phi) is 5.69. The van der Waals surface area contributed by atoms with Gasteiger partial charge in [-0.3, -0.25) is 4.79 Å². The summed E-state index contributed by atoms with van der Waals surface area (Å²) in [7, 11) is 0. The van der Waals surface area contributed by atoms with Gasteiger partial charge in [-0.15, -0.1) is 23.2 Å². The van der Waals surface area contributed by atoms with E-state index < -0.39 is 4.84 Å². The molecule has 0 aliphatic carbocycles.